The molecular formula is C12H26O4Si. The lowest BCUT2D eigenvalue weighted by Gasteiger charge is -2.27. The van der Waals surface area contributed by atoms with Crippen LogP contribution in [0.4, 0.5) is 0 Å². The highest BCUT2D eigenvalue weighted by Gasteiger charge is 2.31. The Balaban J connectivity index is 4.04. The van der Waals surface area contributed by atoms with Crippen LogP contribution in [-0.4, -0.2) is 27.0 Å². The summed E-state index contributed by atoms with van der Waals surface area (Å²) >= 11 is 0. The summed E-state index contributed by atoms with van der Waals surface area (Å²) in [4.78, 5) is 16.6. The fraction of sp³-hybridized carbons (Fsp3) is 0.917. The van der Waals surface area contributed by atoms with Crippen LogP contribution >= 0.6 is 0 Å². The van der Waals surface area contributed by atoms with Gasteiger partial charge in [0, 0.05) is 0 Å². The van der Waals surface area contributed by atoms with Gasteiger partial charge in [0.1, 0.15) is 0 Å². The monoisotopic (exact) mass is 262 g/mol. The molecule has 0 fully saturated rings. The van der Waals surface area contributed by atoms with Crippen molar-refractivity contribution in [1.82, 2.24) is 0 Å². The van der Waals surface area contributed by atoms with Crippen LogP contribution in [-0.2, 0) is 19.0 Å². The first kappa shape index (κ1) is 16.6. The van der Waals surface area contributed by atoms with E-state index in [4.69, 9.17) is 14.2 Å². The minimum atomic E-state index is -1.72. The Morgan fingerprint density at radius 3 is 2.06 bits per heavy atom. The molecule has 0 aliphatic heterocycles. The predicted octanol–water partition coefficient (Wildman–Crippen LogP) is 3.28. The average molecular weight is 262 g/mol. The molecule has 0 bridgehead atoms. The molecule has 0 aliphatic rings. The fourth-order valence-corrected chi connectivity index (χ4v) is 3.82. The van der Waals surface area contributed by atoms with E-state index in [-0.39, 0.29) is 18.5 Å². The third-order valence-electron chi connectivity index (χ3n) is 3.08. The summed E-state index contributed by atoms with van der Waals surface area (Å²) in [5.74, 6) is -0.236. The molecule has 0 aromatic carbocycles. The number of carbonyl (C=O) groups excluding carboxylic acids is 1. The first-order valence-electron chi connectivity index (χ1n) is 6.53. The van der Waals surface area contributed by atoms with Gasteiger partial charge in [-0.1, -0.05) is 20.8 Å². The minimum Gasteiger partial charge on any atom is -0.466 e. The molecule has 5 heteroatoms. The average Bonchev–Trinajstić information content (AvgIpc) is 2.32. The van der Waals surface area contributed by atoms with Crippen molar-refractivity contribution in [3.8, 4) is 0 Å². The molecule has 0 radical (unpaired) electrons. The van der Waals surface area contributed by atoms with Crippen LogP contribution in [0.15, 0.2) is 0 Å². The van der Waals surface area contributed by atoms with Crippen LogP contribution < -0.4 is 0 Å². The molecule has 1 unspecified atom stereocenters. The van der Waals surface area contributed by atoms with E-state index >= 15 is 0 Å². The Hall–Kier alpha value is -0.393. The Labute approximate surface area is 106 Å². The van der Waals surface area contributed by atoms with Gasteiger partial charge in [-0.3, -0.25) is 9.37 Å². The van der Waals surface area contributed by atoms with Crippen molar-refractivity contribution in [2.24, 2.45) is 0 Å². The van der Waals surface area contributed by atoms with E-state index in [1.165, 1.54) is 0 Å². The number of hydrogen-bond donors (Lipinski definition) is 0. The normalized spacial score (nSPS) is 13.5. The summed E-state index contributed by atoms with van der Waals surface area (Å²) in [6.07, 6.45) is 0.000661. The molecule has 0 rings (SSSR count). The summed E-state index contributed by atoms with van der Waals surface area (Å²) in [5, 5.41) is 0. The lowest BCUT2D eigenvalue weighted by atomic mass is 10.3. The first-order chi connectivity index (χ1) is 8.03. The van der Waals surface area contributed by atoms with E-state index in [1.807, 2.05) is 6.92 Å². The van der Waals surface area contributed by atoms with Gasteiger partial charge in [0.2, 0.25) is 8.32 Å². The Bertz CT molecular complexity index is 208. The molecule has 4 nitrogen and oxygen atoms in total. The molecule has 0 amide bonds. The molecule has 0 aliphatic carbocycles. The van der Waals surface area contributed by atoms with Gasteiger partial charge in [0.25, 0.3) is 0 Å². The molecule has 0 N–H and O–H groups in total. The molecule has 0 heterocycles. The van der Waals surface area contributed by atoms with Gasteiger partial charge in [-0.15, -0.1) is 0 Å². The molecule has 1 atom stereocenters. The van der Waals surface area contributed by atoms with Crippen molar-refractivity contribution in [1.29, 1.82) is 0 Å². The van der Waals surface area contributed by atoms with Gasteiger partial charge >= 0.3 is 5.97 Å². The molecular weight excluding hydrogens is 236 g/mol. The summed E-state index contributed by atoms with van der Waals surface area (Å²) in [6, 6.07) is 3.10. The highest BCUT2D eigenvalue weighted by molar-refractivity contribution is 6.73. The maximum Gasteiger partial charge on any atom is 0.308 e. The van der Waals surface area contributed by atoms with E-state index in [1.54, 1.807) is 6.92 Å². The highest BCUT2D eigenvalue weighted by Crippen LogP contribution is 2.22. The van der Waals surface area contributed by atoms with Crippen molar-refractivity contribution >= 4 is 14.3 Å². The minimum absolute atomic E-state index is 0.236. The zero-order valence-electron chi connectivity index (χ0n) is 11.7. The Kier molecular flexibility index (Phi) is 8.46. The summed E-state index contributed by atoms with van der Waals surface area (Å²) in [7, 11) is -1.72. The number of ether oxygens (including phenoxy) is 1. The maximum absolute atomic E-state index is 11.2. The van der Waals surface area contributed by atoms with Gasteiger partial charge in [0.15, 0.2) is 0 Å². The lowest BCUT2D eigenvalue weighted by molar-refractivity contribution is -0.254. The number of hydrogen-bond acceptors (Lipinski definition) is 4. The summed E-state index contributed by atoms with van der Waals surface area (Å²) < 4.78 is 10.5. The Morgan fingerprint density at radius 2 is 1.65 bits per heavy atom. The molecule has 17 heavy (non-hydrogen) atoms. The van der Waals surface area contributed by atoms with Crippen LogP contribution in [0.2, 0.25) is 18.1 Å². The van der Waals surface area contributed by atoms with Gasteiger partial charge in [-0.25, -0.2) is 4.89 Å². The van der Waals surface area contributed by atoms with Gasteiger partial charge in [-0.2, -0.15) is 0 Å². The van der Waals surface area contributed by atoms with Crippen molar-refractivity contribution in [2.45, 2.75) is 65.3 Å². The van der Waals surface area contributed by atoms with Gasteiger partial charge in [-0.05, 0) is 32.0 Å². The van der Waals surface area contributed by atoms with Gasteiger partial charge < -0.3 is 4.74 Å². The van der Waals surface area contributed by atoms with Crippen molar-refractivity contribution in [3.63, 3.8) is 0 Å². The largest absolute Gasteiger partial charge is 0.466 e. The summed E-state index contributed by atoms with van der Waals surface area (Å²) in [6.45, 7) is 10.4. The van der Waals surface area contributed by atoms with E-state index < -0.39 is 8.32 Å². The zero-order chi connectivity index (χ0) is 13.3. The van der Waals surface area contributed by atoms with Crippen LogP contribution in [0.1, 0.15) is 41.0 Å². The molecule has 0 aromatic heterocycles. The summed E-state index contributed by atoms with van der Waals surface area (Å²) in [5.41, 5.74) is 0. The zero-order valence-corrected chi connectivity index (χ0v) is 12.7. The van der Waals surface area contributed by atoms with Gasteiger partial charge in [0.05, 0.1) is 19.1 Å². The predicted molar refractivity (Wildman–Crippen MR) is 70.1 cm³/mol. The van der Waals surface area contributed by atoms with Crippen LogP contribution in [0.3, 0.4) is 0 Å². The van der Waals surface area contributed by atoms with Crippen LogP contribution in [0.25, 0.3) is 0 Å². The molecule has 0 aromatic rings. The topological polar surface area (TPSA) is 44.8 Å². The molecule has 102 valence electrons. The van der Waals surface area contributed by atoms with Crippen LogP contribution in [0.5, 0.6) is 0 Å². The number of esters is 1. The van der Waals surface area contributed by atoms with Crippen molar-refractivity contribution in [3.05, 3.63) is 0 Å². The number of rotatable bonds is 9. The SMILES string of the molecule is CCOC(=O)CC(C)OO[Si](CC)(CC)CC. The molecule has 0 spiro atoms. The van der Waals surface area contributed by atoms with E-state index in [0.29, 0.717) is 6.61 Å². The standard InChI is InChI=1S/C12H26O4Si/c1-6-14-12(13)10-11(5)15-16-17(7-2,8-3)9-4/h11H,6-10H2,1-5H3. The van der Waals surface area contributed by atoms with Crippen molar-refractivity contribution < 1.29 is 19.0 Å². The highest BCUT2D eigenvalue weighted by atomic mass is 28.4. The quantitative estimate of drug-likeness (QED) is 0.277. The second-order valence-electron chi connectivity index (χ2n) is 4.24. The third-order valence-corrected chi connectivity index (χ3v) is 7.40. The van der Waals surface area contributed by atoms with E-state index in [9.17, 15) is 4.79 Å². The van der Waals surface area contributed by atoms with Crippen molar-refractivity contribution in [2.75, 3.05) is 6.61 Å². The maximum atomic E-state index is 11.2. The smallest absolute Gasteiger partial charge is 0.308 e. The Morgan fingerprint density at radius 1 is 1.12 bits per heavy atom. The molecule has 0 saturated heterocycles. The second kappa shape index (κ2) is 8.66. The number of carbonyl (C=O) groups is 1. The third kappa shape index (κ3) is 6.19. The van der Waals surface area contributed by atoms with E-state index in [0.717, 1.165) is 18.1 Å². The van der Waals surface area contributed by atoms with E-state index in [2.05, 4.69) is 20.8 Å². The first-order valence-corrected chi connectivity index (χ1v) is 9.06. The fourth-order valence-electron chi connectivity index (χ4n) is 1.60. The lowest BCUT2D eigenvalue weighted by Crippen LogP contribution is -2.37. The molecule has 0 saturated carbocycles. The second-order valence-corrected chi connectivity index (χ2v) is 8.90. The van der Waals surface area contributed by atoms with Crippen LogP contribution in [0, 0.1) is 0 Å².